The Kier molecular flexibility index (Phi) is 8.00. The second kappa shape index (κ2) is 11.5. The van der Waals surface area contributed by atoms with Crippen LogP contribution in [0.4, 0.5) is 10.5 Å². The molecule has 0 saturated heterocycles. The molecule has 0 saturated carbocycles. The monoisotopic (exact) mass is 485 g/mol. The van der Waals surface area contributed by atoms with Gasteiger partial charge in [-0.3, -0.25) is 4.98 Å². The van der Waals surface area contributed by atoms with Crippen molar-refractivity contribution in [2.75, 3.05) is 24.6 Å². The van der Waals surface area contributed by atoms with Gasteiger partial charge in [-0.25, -0.2) is 9.59 Å². The number of anilines is 1. The van der Waals surface area contributed by atoms with Gasteiger partial charge in [0.1, 0.15) is 5.58 Å². The topological polar surface area (TPSA) is 84.7 Å². The predicted molar refractivity (Wildman–Crippen MR) is 142 cm³/mol. The van der Waals surface area contributed by atoms with Gasteiger partial charge in [0, 0.05) is 60.5 Å². The summed E-state index contributed by atoms with van der Waals surface area (Å²) in [5.41, 5.74) is 5.35. The van der Waals surface area contributed by atoms with Gasteiger partial charge in [0.05, 0.1) is 12.3 Å². The van der Waals surface area contributed by atoms with Crippen molar-refractivity contribution in [1.29, 1.82) is 0 Å². The second-order valence-corrected chi connectivity index (χ2v) is 8.50. The number of fused-ring (bicyclic) bond motifs is 1. The van der Waals surface area contributed by atoms with Gasteiger partial charge in [-0.05, 0) is 62.2 Å². The van der Waals surface area contributed by atoms with Crippen LogP contribution in [0, 0.1) is 6.92 Å². The average molecular weight is 486 g/mol. The fourth-order valence-corrected chi connectivity index (χ4v) is 4.30. The van der Waals surface area contributed by atoms with Gasteiger partial charge in [0.25, 0.3) is 0 Å². The lowest BCUT2D eigenvalue weighted by molar-refractivity contribution is 0.146. The largest absolute Gasteiger partial charge is 0.449 e. The lowest BCUT2D eigenvalue weighted by Crippen LogP contribution is -2.25. The normalized spacial score (nSPS) is 10.9. The molecule has 0 aliphatic heterocycles. The van der Waals surface area contributed by atoms with Crippen molar-refractivity contribution in [3.05, 3.63) is 94.0 Å². The molecule has 0 bridgehead atoms. The summed E-state index contributed by atoms with van der Waals surface area (Å²) in [7, 11) is 0. The Labute approximate surface area is 210 Å². The molecule has 4 rings (SSSR count). The summed E-state index contributed by atoms with van der Waals surface area (Å²) in [4.78, 5) is 31.5. The number of nitrogens with zero attached hydrogens (tertiary/aromatic N) is 2. The zero-order valence-electron chi connectivity index (χ0n) is 20.9. The van der Waals surface area contributed by atoms with Crippen molar-refractivity contribution >= 4 is 22.7 Å². The van der Waals surface area contributed by atoms with Crippen molar-refractivity contribution < 1.29 is 13.9 Å². The molecule has 0 spiro atoms. The van der Waals surface area contributed by atoms with E-state index < -0.39 is 11.7 Å². The van der Waals surface area contributed by atoms with Crippen molar-refractivity contribution in [3.8, 4) is 11.3 Å². The van der Waals surface area contributed by atoms with Crippen LogP contribution in [-0.2, 0) is 17.7 Å². The number of nitrogens with one attached hydrogen (secondary N) is 1. The fourth-order valence-electron chi connectivity index (χ4n) is 4.30. The van der Waals surface area contributed by atoms with Crippen molar-refractivity contribution in [2.45, 2.75) is 33.7 Å². The number of aromatic nitrogens is 1. The van der Waals surface area contributed by atoms with Crippen molar-refractivity contribution in [2.24, 2.45) is 0 Å². The third-order valence-electron chi connectivity index (χ3n) is 6.31. The molecule has 4 aromatic rings. The van der Waals surface area contributed by atoms with Gasteiger partial charge in [0.2, 0.25) is 0 Å². The summed E-state index contributed by atoms with van der Waals surface area (Å²) in [6, 6.07) is 19.5. The Hall–Kier alpha value is -4.13. The molecular formula is C29H31N3O4. The number of rotatable bonds is 9. The molecule has 2 aromatic heterocycles. The molecule has 2 heterocycles. The summed E-state index contributed by atoms with van der Waals surface area (Å²) in [6.07, 6.45) is 1.49. The third kappa shape index (κ3) is 5.74. The zero-order chi connectivity index (χ0) is 25.5. The minimum Gasteiger partial charge on any atom is -0.449 e. The first-order valence-corrected chi connectivity index (χ1v) is 12.2. The number of ether oxygens (including phenoxy) is 1. The van der Waals surface area contributed by atoms with E-state index in [1.54, 1.807) is 6.20 Å². The lowest BCUT2D eigenvalue weighted by atomic mass is 10.0. The molecule has 0 aliphatic carbocycles. The minimum atomic E-state index is -0.537. The Balaban J connectivity index is 1.35. The van der Waals surface area contributed by atoms with Gasteiger partial charge < -0.3 is 19.4 Å². The van der Waals surface area contributed by atoms with Crippen LogP contribution in [0.2, 0.25) is 0 Å². The Bertz CT molecular complexity index is 1400. The Morgan fingerprint density at radius 1 is 1.06 bits per heavy atom. The highest BCUT2D eigenvalue weighted by atomic mass is 16.5. The molecule has 0 radical (unpaired) electrons. The number of alkyl carbamates (subject to hydrolysis) is 1. The first kappa shape index (κ1) is 25.0. The number of carbonyl (C=O) groups excluding carboxylic acids is 1. The van der Waals surface area contributed by atoms with Crippen LogP contribution in [-0.4, -0.2) is 30.8 Å². The zero-order valence-corrected chi connectivity index (χ0v) is 20.9. The maximum absolute atomic E-state index is 12.7. The summed E-state index contributed by atoms with van der Waals surface area (Å²) < 4.78 is 11.0. The smallest absolute Gasteiger partial charge is 0.407 e. The molecule has 2 aromatic carbocycles. The summed E-state index contributed by atoms with van der Waals surface area (Å²) in [5, 5.41) is 3.65. The van der Waals surface area contributed by atoms with E-state index in [2.05, 4.69) is 29.0 Å². The molecule has 0 atom stereocenters. The van der Waals surface area contributed by atoms with Crippen LogP contribution >= 0.6 is 0 Å². The number of carbonyl (C=O) groups is 1. The Morgan fingerprint density at radius 3 is 2.64 bits per heavy atom. The summed E-state index contributed by atoms with van der Waals surface area (Å²) in [6.45, 7) is 8.23. The number of aryl methyl sites for hydroxylation is 1. The average Bonchev–Trinajstić information content (AvgIpc) is 2.90. The Morgan fingerprint density at radius 2 is 1.89 bits per heavy atom. The van der Waals surface area contributed by atoms with E-state index in [4.69, 9.17) is 9.15 Å². The van der Waals surface area contributed by atoms with Crippen LogP contribution in [0.3, 0.4) is 0 Å². The van der Waals surface area contributed by atoms with Crippen LogP contribution < -0.4 is 15.8 Å². The predicted octanol–water partition coefficient (Wildman–Crippen LogP) is 5.48. The number of pyridine rings is 1. The highest BCUT2D eigenvalue weighted by molar-refractivity contribution is 5.84. The standard InChI is InChI=1S/C29H31N3O4/c1-4-32(5-2)23-12-13-24-20(3)25(28(33)36-27(24)18-23)14-16-35-29(34)31-19-21-9-8-10-22(17-21)26-11-6-7-15-30-26/h6-13,15,17-18H,4-5,14,16,19H2,1-3H3,(H,31,34). The summed E-state index contributed by atoms with van der Waals surface area (Å²) >= 11 is 0. The van der Waals surface area contributed by atoms with E-state index in [0.29, 0.717) is 17.7 Å². The molecule has 7 heteroatoms. The molecule has 0 unspecified atom stereocenters. The minimum absolute atomic E-state index is 0.0778. The van der Waals surface area contributed by atoms with Gasteiger partial charge in [0.15, 0.2) is 0 Å². The van der Waals surface area contributed by atoms with Crippen LogP contribution in [0.5, 0.6) is 0 Å². The van der Waals surface area contributed by atoms with Crippen LogP contribution in [0.25, 0.3) is 22.2 Å². The molecule has 36 heavy (non-hydrogen) atoms. The van der Waals surface area contributed by atoms with Crippen LogP contribution in [0.1, 0.15) is 30.5 Å². The number of amides is 1. The quantitative estimate of drug-likeness (QED) is 0.316. The number of benzene rings is 2. The number of hydrogen-bond donors (Lipinski definition) is 1. The number of hydrogen-bond acceptors (Lipinski definition) is 6. The SMILES string of the molecule is CCN(CC)c1ccc2c(C)c(CCOC(=O)NCc3cccc(-c4ccccn4)c3)c(=O)oc2c1. The van der Waals surface area contributed by atoms with E-state index in [1.165, 1.54) is 0 Å². The third-order valence-corrected chi connectivity index (χ3v) is 6.31. The van der Waals surface area contributed by atoms with Crippen LogP contribution in [0.15, 0.2) is 76.1 Å². The molecule has 0 aliphatic rings. The first-order valence-electron chi connectivity index (χ1n) is 12.2. The van der Waals surface area contributed by atoms with Gasteiger partial charge in [-0.1, -0.05) is 24.3 Å². The molecule has 186 valence electrons. The van der Waals surface area contributed by atoms with Gasteiger partial charge in [-0.2, -0.15) is 0 Å². The van der Waals surface area contributed by atoms with E-state index >= 15 is 0 Å². The maximum Gasteiger partial charge on any atom is 0.407 e. The molecule has 7 nitrogen and oxygen atoms in total. The second-order valence-electron chi connectivity index (χ2n) is 8.50. The van der Waals surface area contributed by atoms with Gasteiger partial charge in [-0.15, -0.1) is 0 Å². The van der Waals surface area contributed by atoms with E-state index in [-0.39, 0.29) is 13.0 Å². The maximum atomic E-state index is 12.7. The highest BCUT2D eigenvalue weighted by Crippen LogP contribution is 2.25. The molecular weight excluding hydrogens is 454 g/mol. The van der Waals surface area contributed by atoms with Crippen molar-refractivity contribution in [1.82, 2.24) is 10.3 Å². The van der Waals surface area contributed by atoms with E-state index in [0.717, 1.165) is 46.5 Å². The molecule has 0 fully saturated rings. The lowest BCUT2D eigenvalue weighted by Gasteiger charge is -2.21. The molecule has 1 N–H and O–H groups in total. The fraction of sp³-hybridized carbons (Fsp3) is 0.276. The summed E-state index contributed by atoms with van der Waals surface area (Å²) in [5.74, 6) is 0. The first-order chi connectivity index (χ1) is 17.5. The van der Waals surface area contributed by atoms with E-state index in [9.17, 15) is 9.59 Å². The van der Waals surface area contributed by atoms with E-state index in [1.807, 2.05) is 67.6 Å². The molecule has 1 amide bonds. The highest BCUT2D eigenvalue weighted by Gasteiger charge is 2.14. The van der Waals surface area contributed by atoms with Gasteiger partial charge >= 0.3 is 11.7 Å². The van der Waals surface area contributed by atoms with Crippen molar-refractivity contribution in [3.63, 3.8) is 0 Å².